The van der Waals surface area contributed by atoms with E-state index in [1.165, 1.54) is 12.1 Å². The average molecular weight is 340 g/mol. The second-order valence-corrected chi connectivity index (χ2v) is 5.10. The summed E-state index contributed by atoms with van der Waals surface area (Å²) in [4.78, 5) is 4.36. The van der Waals surface area contributed by atoms with Crippen molar-refractivity contribution >= 4 is 5.96 Å². The number of aliphatic imine (C=N–C) groups is 1. The maximum atomic E-state index is 12.5. The van der Waals surface area contributed by atoms with Gasteiger partial charge in [-0.2, -0.15) is 13.2 Å². The molecule has 2 N–H and O–H groups in total. The molecule has 0 amide bonds. The topological polar surface area (TPSA) is 67.1 Å². The number of nitrogens with zero attached hydrogens (tertiary/aromatic N) is 4. The fourth-order valence-corrected chi connectivity index (χ4v) is 1.94. The van der Waals surface area contributed by atoms with Gasteiger partial charge < -0.3 is 15.2 Å². The molecule has 0 spiro atoms. The fourth-order valence-electron chi connectivity index (χ4n) is 1.94. The molecule has 0 saturated carbocycles. The van der Waals surface area contributed by atoms with Crippen LogP contribution in [0.1, 0.15) is 23.9 Å². The fraction of sp³-hybridized carbons (Fsp3) is 0.400. The number of alkyl halides is 3. The van der Waals surface area contributed by atoms with Crippen LogP contribution in [0, 0.1) is 0 Å². The van der Waals surface area contributed by atoms with Crippen molar-refractivity contribution in [2.24, 2.45) is 12.0 Å². The number of benzene rings is 1. The zero-order chi connectivity index (χ0) is 17.6. The highest BCUT2D eigenvalue weighted by Crippen LogP contribution is 2.29. The third-order valence-corrected chi connectivity index (χ3v) is 3.26. The first kappa shape index (κ1) is 17.8. The molecule has 0 aliphatic carbocycles. The van der Waals surface area contributed by atoms with E-state index in [2.05, 4.69) is 25.8 Å². The Hall–Kier alpha value is -2.58. The average Bonchev–Trinajstić information content (AvgIpc) is 2.95. The lowest BCUT2D eigenvalue weighted by molar-refractivity contribution is -0.137. The van der Waals surface area contributed by atoms with Gasteiger partial charge >= 0.3 is 6.18 Å². The zero-order valence-corrected chi connectivity index (χ0v) is 13.4. The third kappa shape index (κ3) is 4.97. The highest BCUT2D eigenvalue weighted by atomic mass is 19.4. The van der Waals surface area contributed by atoms with E-state index < -0.39 is 11.7 Å². The summed E-state index contributed by atoms with van der Waals surface area (Å²) in [6.07, 6.45) is -2.72. The molecule has 6 nitrogen and oxygen atoms in total. The van der Waals surface area contributed by atoms with E-state index in [-0.39, 0.29) is 6.54 Å². The molecule has 130 valence electrons. The Morgan fingerprint density at radius 1 is 1.21 bits per heavy atom. The summed E-state index contributed by atoms with van der Waals surface area (Å²) in [6, 6.07) is 4.98. The van der Waals surface area contributed by atoms with Crippen LogP contribution in [0.25, 0.3) is 0 Å². The van der Waals surface area contributed by atoms with Crippen LogP contribution in [0.5, 0.6) is 0 Å². The summed E-state index contributed by atoms with van der Waals surface area (Å²) in [5.41, 5.74) is 0.0291. The molecule has 2 rings (SSSR count). The minimum atomic E-state index is -4.33. The van der Waals surface area contributed by atoms with Crippen molar-refractivity contribution in [1.29, 1.82) is 0 Å². The molecular weight excluding hydrogens is 321 g/mol. The number of halogens is 3. The van der Waals surface area contributed by atoms with Crippen LogP contribution < -0.4 is 10.6 Å². The number of nitrogens with one attached hydrogen (secondary N) is 2. The maximum absolute atomic E-state index is 12.5. The highest BCUT2D eigenvalue weighted by molar-refractivity contribution is 5.79. The van der Waals surface area contributed by atoms with E-state index in [1.54, 1.807) is 10.9 Å². The molecule has 9 heteroatoms. The molecule has 0 saturated heterocycles. The lowest BCUT2D eigenvalue weighted by Crippen LogP contribution is -2.37. The van der Waals surface area contributed by atoms with E-state index in [0.29, 0.717) is 24.6 Å². The van der Waals surface area contributed by atoms with Crippen molar-refractivity contribution in [3.05, 3.63) is 47.5 Å². The van der Waals surface area contributed by atoms with E-state index in [4.69, 9.17) is 0 Å². The molecule has 2 aromatic rings. The standard InChI is InChI=1S/C15H19F3N6/c1-3-19-14(21-9-13-23-22-10-24(13)2)20-8-11-4-6-12(7-5-11)15(16,17)18/h4-7,10H,3,8-9H2,1-2H3,(H2,19,20,21). The van der Waals surface area contributed by atoms with Gasteiger partial charge in [0, 0.05) is 13.6 Å². The van der Waals surface area contributed by atoms with Gasteiger partial charge in [0.15, 0.2) is 11.8 Å². The largest absolute Gasteiger partial charge is 0.416 e. The molecule has 0 unspecified atom stereocenters. The predicted octanol–water partition coefficient (Wildman–Crippen LogP) is 2.09. The van der Waals surface area contributed by atoms with Gasteiger partial charge in [-0.05, 0) is 24.6 Å². The predicted molar refractivity (Wildman–Crippen MR) is 84.1 cm³/mol. The summed E-state index contributed by atoms with van der Waals surface area (Å²) < 4.78 is 39.4. The highest BCUT2D eigenvalue weighted by Gasteiger charge is 2.29. The van der Waals surface area contributed by atoms with Crippen LogP contribution in [0.15, 0.2) is 35.6 Å². The summed E-state index contributed by atoms with van der Waals surface area (Å²) in [5.74, 6) is 1.30. The van der Waals surface area contributed by atoms with Gasteiger partial charge in [0.05, 0.1) is 18.7 Å². The number of guanidine groups is 1. The van der Waals surface area contributed by atoms with Crippen LogP contribution in [0.4, 0.5) is 13.2 Å². The number of aromatic nitrogens is 3. The van der Waals surface area contributed by atoms with Gasteiger partial charge in [0.25, 0.3) is 0 Å². The second-order valence-electron chi connectivity index (χ2n) is 5.10. The molecule has 0 atom stereocenters. The summed E-state index contributed by atoms with van der Waals surface area (Å²) in [6.45, 7) is 3.30. The minimum Gasteiger partial charge on any atom is -0.357 e. The van der Waals surface area contributed by atoms with Crippen molar-refractivity contribution < 1.29 is 13.2 Å². The first-order valence-electron chi connectivity index (χ1n) is 7.41. The molecule has 0 radical (unpaired) electrons. The summed E-state index contributed by atoms with van der Waals surface area (Å²) in [5, 5.41) is 13.9. The molecule has 0 aliphatic rings. The Bertz CT molecular complexity index is 675. The molecule has 24 heavy (non-hydrogen) atoms. The number of hydrogen-bond acceptors (Lipinski definition) is 3. The molecule has 1 heterocycles. The number of aryl methyl sites for hydroxylation is 1. The SMILES string of the molecule is CCNC(=NCc1ccc(C(F)(F)F)cc1)NCc1nncn1C. The van der Waals surface area contributed by atoms with Gasteiger partial charge in [-0.25, -0.2) is 4.99 Å². The molecule has 1 aromatic heterocycles. The Balaban J connectivity index is 1.98. The van der Waals surface area contributed by atoms with Crippen molar-refractivity contribution in [3.63, 3.8) is 0 Å². The van der Waals surface area contributed by atoms with Crippen molar-refractivity contribution in [1.82, 2.24) is 25.4 Å². The Kier molecular flexibility index (Phi) is 5.78. The lowest BCUT2D eigenvalue weighted by Gasteiger charge is -2.11. The van der Waals surface area contributed by atoms with Gasteiger partial charge in [-0.3, -0.25) is 0 Å². The van der Waals surface area contributed by atoms with Crippen molar-refractivity contribution in [3.8, 4) is 0 Å². The van der Waals surface area contributed by atoms with E-state index >= 15 is 0 Å². The van der Waals surface area contributed by atoms with Crippen LogP contribution in [-0.2, 0) is 26.3 Å². The van der Waals surface area contributed by atoms with Gasteiger partial charge in [0.2, 0.25) is 0 Å². The van der Waals surface area contributed by atoms with Crippen LogP contribution in [-0.4, -0.2) is 27.3 Å². The van der Waals surface area contributed by atoms with Crippen LogP contribution in [0.3, 0.4) is 0 Å². The van der Waals surface area contributed by atoms with Crippen LogP contribution in [0.2, 0.25) is 0 Å². The van der Waals surface area contributed by atoms with E-state index in [0.717, 1.165) is 18.0 Å². The quantitative estimate of drug-likeness (QED) is 0.646. The molecule has 0 bridgehead atoms. The summed E-state index contributed by atoms with van der Waals surface area (Å²) in [7, 11) is 1.84. The normalized spacial score (nSPS) is 12.3. The first-order valence-corrected chi connectivity index (χ1v) is 7.41. The van der Waals surface area contributed by atoms with Gasteiger partial charge in [-0.15, -0.1) is 10.2 Å². The molecule has 0 aliphatic heterocycles. The molecule has 0 fully saturated rings. The minimum absolute atomic E-state index is 0.270. The lowest BCUT2D eigenvalue weighted by atomic mass is 10.1. The Morgan fingerprint density at radius 3 is 2.46 bits per heavy atom. The molecule has 1 aromatic carbocycles. The third-order valence-electron chi connectivity index (χ3n) is 3.26. The Labute approximate surface area is 137 Å². The van der Waals surface area contributed by atoms with Gasteiger partial charge in [-0.1, -0.05) is 12.1 Å². The number of hydrogen-bond donors (Lipinski definition) is 2. The van der Waals surface area contributed by atoms with E-state index in [1.807, 2.05) is 14.0 Å². The van der Waals surface area contributed by atoms with Crippen LogP contribution >= 0.6 is 0 Å². The monoisotopic (exact) mass is 340 g/mol. The zero-order valence-electron chi connectivity index (χ0n) is 13.4. The number of rotatable bonds is 5. The maximum Gasteiger partial charge on any atom is 0.416 e. The smallest absolute Gasteiger partial charge is 0.357 e. The van der Waals surface area contributed by atoms with Crippen molar-refractivity contribution in [2.45, 2.75) is 26.2 Å². The van der Waals surface area contributed by atoms with E-state index in [9.17, 15) is 13.2 Å². The molecular formula is C15H19F3N6. The van der Waals surface area contributed by atoms with Crippen molar-refractivity contribution in [2.75, 3.05) is 6.54 Å². The second kappa shape index (κ2) is 7.80. The van der Waals surface area contributed by atoms with Gasteiger partial charge in [0.1, 0.15) is 6.33 Å². The first-order chi connectivity index (χ1) is 11.4. The Morgan fingerprint density at radius 2 is 1.92 bits per heavy atom. The summed E-state index contributed by atoms with van der Waals surface area (Å²) >= 11 is 0.